The second kappa shape index (κ2) is 12.4. The van der Waals surface area contributed by atoms with Gasteiger partial charge in [0.2, 0.25) is 0 Å². The summed E-state index contributed by atoms with van der Waals surface area (Å²) in [4.78, 5) is 13.5. The number of alkyl halides is 7. The number of anilines is 2. The number of rotatable bonds is 9. The predicted octanol–water partition coefficient (Wildman–Crippen LogP) is 6.83. The van der Waals surface area contributed by atoms with E-state index in [-0.39, 0.29) is 10.8 Å². The van der Waals surface area contributed by atoms with Gasteiger partial charge in [0.05, 0.1) is 12.7 Å². The Hall–Kier alpha value is -2.81. The Balaban J connectivity index is 1.83. The third-order valence-corrected chi connectivity index (χ3v) is 6.74. The number of esters is 1. The molecule has 2 N–H and O–H groups in total. The third kappa shape index (κ3) is 8.09. The largest absolute Gasteiger partial charge is 0.487 e. The van der Waals surface area contributed by atoms with Crippen LogP contribution in [0.1, 0.15) is 40.1 Å². The number of carbonyl (C=O) groups excluding carboxylic acids is 1. The molecule has 210 valence electrons. The minimum Gasteiger partial charge on any atom is -0.487 e. The third-order valence-electron chi connectivity index (χ3n) is 5.33. The van der Waals surface area contributed by atoms with Gasteiger partial charge in [0, 0.05) is 28.8 Å². The van der Waals surface area contributed by atoms with E-state index in [9.17, 15) is 35.5 Å². The van der Waals surface area contributed by atoms with E-state index in [1.54, 1.807) is 0 Å². The Morgan fingerprint density at radius 1 is 1.00 bits per heavy atom. The number of benzene rings is 1. The summed E-state index contributed by atoms with van der Waals surface area (Å²) in [5.41, 5.74) is 1.15. The highest BCUT2D eigenvalue weighted by Gasteiger charge is 2.41. The normalized spacial score (nSPS) is 13.9. The number of ether oxygens (including phenoxy) is 3. The van der Waals surface area contributed by atoms with Crippen LogP contribution in [0, 0.1) is 0 Å². The van der Waals surface area contributed by atoms with Gasteiger partial charge in [0.15, 0.2) is 18.3 Å². The second-order valence-electron chi connectivity index (χ2n) is 8.29. The summed E-state index contributed by atoms with van der Waals surface area (Å²) in [6.07, 6.45) is -4.39. The van der Waals surface area contributed by atoms with Crippen molar-refractivity contribution < 1.29 is 49.7 Å². The first-order valence-electron chi connectivity index (χ1n) is 11.2. The number of thiocarbonyl (C=S) groups is 1. The van der Waals surface area contributed by atoms with Crippen LogP contribution in [-0.4, -0.2) is 49.9 Å². The molecule has 0 unspecified atom stereocenters. The molecule has 0 aliphatic heterocycles. The smallest absolute Gasteiger partial charge is 0.422 e. The minimum atomic E-state index is -4.70. The van der Waals surface area contributed by atoms with Gasteiger partial charge in [-0.1, -0.05) is 6.42 Å². The van der Waals surface area contributed by atoms with Crippen LogP contribution in [0.4, 0.5) is 41.4 Å². The lowest BCUT2D eigenvalue weighted by atomic mass is 10.1. The minimum absolute atomic E-state index is 0.0460. The Morgan fingerprint density at radius 2 is 1.63 bits per heavy atom. The Labute approximate surface area is 222 Å². The summed E-state index contributed by atoms with van der Waals surface area (Å²) in [7, 11) is 1.25. The van der Waals surface area contributed by atoms with Crippen molar-refractivity contribution in [1.29, 1.82) is 0 Å². The van der Waals surface area contributed by atoms with Gasteiger partial charge in [0.25, 0.3) is 0 Å². The molecule has 38 heavy (non-hydrogen) atoms. The molecule has 2 aromatic rings. The van der Waals surface area contributed by atoms with E-state index in [1.807, 2.05) is 0 Å². The monoisotopic (exact) mass is 588 g/mol. The Kier molecular flexibility index (Phi) is 9.68. The first kappa shape index (κ1) is 29.7. The average Bonchev–Trinajstić information content (AvgIpc) is 3.00. The van der Waals surface area contributed by atoms with Crippen LogP contribution in [0.3, 0.4) is 0 Å². The van der Waals surface area contributed by atoms with Crippen molar-refractivity contribution in [2.45, 2.75) is 50.6 Å². The van der Waals surface area contributed by atoms with Gasteiger partial charge in [0.1, 0.15) is 16.5 Å². The molecule has 1 heterocycles. The van der Waals surface area contributed by atoms with E-state index < -0.39 is 49.2 Å². The van der Waals surface area contributed by atoms with Gasteiger partial charge in [-0.2, -0.15) is 22.0 Å². The van der Waals surface area contributed by atoms with Crippen LogP contribution in [0.15, 0.2) is 18.2 Å². The molecule has 1 aromatic carbocycles. The molecule has 0 radical (unpaired) electrons. The Bertz CT molecular complexity index is 1160. The SMILES string of the molecule is COC(=O)c1c(NC(=S)Nc2cc(OCC(F)(F)F)cc(OCC(F)(F)C(F)F)c2)sc2c1CCCCC2. The first-order valence-corrected chi connectivity index (χ1v) is 12.5. The van der Waals surface area contributed by atoms with Crippen LogP contribution >= 0.6 is 23.6 Å². The number of aryl methyl sites for hydroxylation is 1. The highest BCUT2D eigenvalue weighted by Crippen LogP contribution is 2.38. The lowest BCUT2D eigenvalue weighted by Gasteiger charge is -2.18. The maximum Gasteiger partial charge on any atom is 0.422 e. The summed E-state index contributed by atoms with van der Waals surface area (Å²) in [5, 5.41) is 5.85. The number of carbonyl (C=O) groups is 1. The molecule has 1 aromatic heterocycles. The Morgan fingerprint density at radius 3 is 2.24 bits per heavy atom. The number of hydrogen-bond donors (Lipinski definition) is 2. The zero-order valence-electron chi connectivity index (χ0n) is 19.9. The van der Waals surface area contributed by atoms with E-state index in [0.717, 1.165) is 54.3 Å². The van der Waals surface area contributed by atoms with Crippen molar-refractivity contribution in [3.63, 3.8) is 0 Å². The maximum atomic E-state index is 13.3. The molecular formula is C23H23F7N2O4S2. The van der Waals surface area contributed by atoms with E-state index in [1.165, 1.54) is 18.4 Å². The van der Waals surface area contributed by atoms with Gasteiger partial charge < -0.3 is 24.8 Å². The fraction of sp³-hybridized carbons (Fsp3) is 0.478. The van der Waals surface area contributed by atoms with Crippen LogP contribution in [0.5, 0.6) is 11.5 Å². The van der Waals surface area contributed by atoms with Gasteiger partial charge in [-0.05, 0) is 43.5 Å². The van der Waals surface area contributed by atoms with E-state index in [4.69, 9.17) is 21.7 Å². The maximum absolute atomic E-state index is 13.3. The number of methoxy groups -OCH3 is 1. The zero-order valence-corrected chi connectivity index (χ0v) is 21.5. The number of fused-ring (bicyclic) bond motifs is 1. The molecular weight excluding hydrogens is 565 g/mol. The van der Waals surface area contributed by atoms with Crippen LogP contribution in [0.25, 0.3) is 0 Å². The molecule has 15 heteroatoms. The summed E-state index contributed by atoms with van der Waals surface area (Å²) >= 11 is 6.61. The molecule has 6 nitrogen and oxygen atoms in total. The van der Waals surface area contributed by atoms with E-state index in [0.29, 0.717) is 17.0 Å². The van der Waals surface area contributed by atoms with Gasteiger partial charge in [-0.3, -0.25) is 0 Å². The molecule has 0 fully saturated rings. The van der Waals surface area contributed by atoms with Crippen molar-refractivity contribution in [3.8, 4) is 11.5 Å². The predicted molar refractivity (Wildman–Crippen MR) is 131 cm³/mol. The van der Waals surface area contributed by atoms with Crippen molar-refractivity contribution in [2.24, 2.45) is 0 Å². The summed E-state index contributed by atoms with van der Waals surface area (Å²) in [6.45, 7) is -3.42. The lowest BCUT2D eigenvalue weighted by molar-refractivity contribution is -0.153. The van der Waals surface area contributed by atoms with Gasteiger partial charge in [-0.15, -0.1) is 11.3 Å². The lowest BCUT2D eigenvalue weighted by Crippen LogP contribution is -2.33. The topological polar surface area (TPSA) is 68.8 Å². The molecule has 1 aliphatic rings. The second-order valence-corrected chi connectivity index (χ2v) is 9.80. The highest BCUT2D eigenvalue weighted by molar-refractivity contribution is 7.80. The average molecular weight is 589 g/mol. The van der Waals surface area contributed by atoms with E-state index in [2.05, 4.69) is 15.4 Å². The van der Waals surface area contributed by atoms with Crippen LogP contribution in [0.2, 0.25) is 0 Å². The quantitative estimate of drug-likeness (QED) is 0.144. The van der Waals surface area contributed by atoms with Crippen LogP contribution < -0.4 is 20.1 Å². The number of halogens is 7. The molecule has 0 atom stereocenters. The summed E-state index contributed by atoms with van der Waals surface area (Å²) < 4.78 is 104. The number of hydrogen-bond acceptors (Lipinski definition) is 6. The summed E-state index contributed by atoms with van der Waals surface area (Å²) in [5.74, 6) is -5.96. The van der Waals surface area contributed by atoms with Crippen LogP contribution in [-0.2, 0) is 17.6 Å². The fourth-order valence-corrected chi connectivity index (χ4v) is 5.20. The van der Waals surface area contributed by atoms with Crippen molar-refractivity contribution in [3.05, 3.63) is 34.2 Å². The fourth-order valence-electron chi connectivity index (χ4n) is 3.63. The van der Waals surface area contributed by atoms with Crippen molar-refractivity contribution >= 4 is 45.3 Å². The molecule has 1 aliphatic carbocycles. The molecule has 3 rings (SSSR count). The highest BCUT2D eigenvalue weighted by atomic mass is 32.1. The molecule has 0 saturated carbocycles. The molecule has 0 spiro atoms. The zero-order chi connectivity index (χ0) is 28.1. The number of thiophene rings is 1. The van der Waals surface area contributed by atoms with E-state index >= 15 is 0 Å². The van der Waals surface area contributed by atoms with Crippen molar-refractivity contribution in [2.75, 3.05) is 31.0 Å². The molecule has 0 amide bonds. The standard InChI is InChI=1S/C23H23F7N2O4S2/c1-34-19(33)17-15-5-3-2-4-6-16(15)38-18(17)32-21(37)31-12-7-13(35-10-22(26,27)20(24)25)9-14(8-12)36-11-23(28,29)30/h7-9,20H,2-6,10-11H2,1H3,(H2,31,32,37). The first-order chi connectivity index (χ1) is 17.8. The van der Waals surface area contributed by atoms with Gasteiger partial charge >= 0.3 is 24.5 Å². The molecule has 0 saturated heterocycles. The molecule has 0 bridgehead atoms. The number of nitrogens with one attached hydrogen (secondary N) is 2. The summed E-state index contributed by atoms with van der Waals surface area (Å²) in [6, 6.07) is 3.00. The van der Waals surface area contributed by atoms with Gasteiger partial charge in [-0.25, -0.2) is 13.6 Å². The van der Waals surface area contributed by atoms with Crippen molar-refractivity contribution in [1.82, 2.24) is 0 Å².